The second-order valence-electron chi connectivity index (χ2n) is 4.83. The lowest BCUT2D eigenvalue weighted by Crippen LogP contribution is -2.46. The minimum absolute atomic E-state index is 0.0954. The number of nitrogens with one attached hydrogen (secondary N) is 1. The van der Waals surface area contributed by atoms with Gasteiger partial charge in [0.25, 0.3) is 0 Å². The maximum Gasteiger partial charge on any atom is 0.363 e. The second-order valence-corrected chi connectivity index (χ2v) is 4.83. The molecule has 0 aromatic carbocycles. The molecule has 104 valence electrons. The molecule has 0 bridgehead atoms. The minimum Gasteiger partial charge on any atom is -0.364 e. The van der Waals surface area contributed by atoms with Gasteiger partial charge in [0.15, 0.2) is 6.20 Å². The van der Waals surface area contributed by atoms with Gasteiger partial charge in [-0.25, -0.2) is 0 Å². The van der Waals surface area contributed by atoms with Crippen LogP contribution in [-0.4, -0.2) is 35.6 Å². The van der Waals surface area contributed by atoms with Crippen molar-refractivity contribution in [3.63, 3.8) is 0 Å². The predicted octanol–water partition coefficient (Wildman–Crippen LogP) is 1.96. The van der Waals surface area contributed by atoms with Gasteiger partial charge in [0.05, 0.1) is 5.69 Å². The molecule has 0 radical (unpaired) electrons. The van der Waals surface area contributed by atoms with E-state index in [9.17, 15) is 10.1 Å². The summed E-state index contributed by atoms with van der Waals surface area (Å²) in [6.07, 6.45) is 4.99. The minimum atomic E-state index is -0.462. The van der Waals surface area contributed by atoms with E-state index in [0.717, 1.165) is 38.2 Å². The third-order valence-corrected chi connectivity index (χ3v) is 3.43. The van der Waals surface area contributed by atoms with Crippen LogP contribution >= 0.6 is 0 Å². The molecule has 6 heteroatoms. The summed E-state index contributed by atoms with van der Waals surface area (Å²) in [6.45, 7) is 5.14. The normalized spacial score (nSPS) is 19.1. The Balaban J connectivity index is 2.15. The zero-order valence-electron chi connectivity index (χ0n) is 11.2. The maximum absolute atomic E-state index is 10.6. The van der Waals surface area contributed by atoms with Gasteiger partial charge in [0, 0.05) is 25.2 Å². The molecule has 1 aliphatic rings. The molecule has 1 atom stereocenters. The highest BCUT2D eigenvalue weighted by atomic mass is 16.6. The van der Waals surface area contributed by atoms with E-state index in [2.05, 4.69) is 22.1 Å². The van der Waals surface area contributed by atoms with Crippen LogP contribution in [0.4, 0.5) is 11.5 Å². The fourth-order valence-corrected chi connectivity index (χ4v) is 2.52. The molecule has 1 aromatic rings. The summed E-state index contributed by atoms with van der Waals surface area (Å²) in [7, 11) is 0. The van der Waals surface area contributed by atoms with Gasteiger partial charge in [-0.2, -0.15) is 0 Å². The zero-order chi connectivity index (χ0) is 13.7. The molecule has 2 heterocycles. The van der Waals surface area contributed by atoms with Crippen molar-refractivity contribution in [2.75, 3.05) is 24.5 Å². The third kappa shape index (κ3) is 3.41. The van der Waals surface area contributed by atoms with E-state index >= 15 is 0 Å². The van der Waals surface area contributed by atoms with Gasteiger partial charge in [0.2, 0.25) is 0 Å². The Labute approximate surface area is 113 Å². The quantitative estimate of drug-likeness (QED) is 0.650. The highest BCUT2D eigenvalue weighted by Gasteiger charge is 2.22. The van der Waals surface area contributed by atoms with Gasteiger partial charge < -0.3 is 20.3 Å². The molecular weight excluding hydrogens is 244 g/mol. The fourth-order valence-electron chi connectivity index (χ4n) is 2.52. The standard InChI is InChI=1S/C13H20N4O2/c1-2-8-16(11-4-3-7-14-9-11)12-5-6-13(15-10-12)17(18)19/h5-6,10-11,14H,2-4,7-9H2,1H3. The molecule has 1 aliphatic heterocycles. The molecule has 0 aliphatic carbocycles. The first-order valence-corrected chi connectivity index (χ1v) is 6.80. The van der Waals surface area contributed by atoms with Crippen LogP contribution in [0.1, 0.15) is 26.2 Å². The molecule has 1 fully saturated rings. The molecule has 2 rings (SSSR count). The van der Waals surface area contributed by atoms with Crippen molar-refractivity contribution in [1.82, 2.24) is 10.3 Å². The lowest BCUT2D eigenvalue weighted by molar-refractivity contribution is -0.389. The van der Waals surface area contributed by atoms with Crippen LogP contribution in [0.3, 0.4) is 0 Å². The molecule has 1 saturated heterocycles. The van der Waals surface area contributed by atoms with Crippen LogP contribution < -0.4 is 10.2 Å². The molecule has 0 amide bonds. The van der Waals surface area contributed by atoms with Gasteiger partial charge in [-0.1, -0.05) is 6.92 Å². The van der Waals surface area contributed by atoms with Crippen molar-refractivity contribution in [2.24, 2.45) is 0 Å². The summed E-state index contributed by atoms with van der Waals surface area (Å²) in [5.74, 6) is -0.0954. The summed E-state index contributed by atoms with van der Waals surface area (Å²) in [5, 5.41) is 14.0. The topological polar surface area (TPSA) is 71.3 Å². The summed E-state index contributed by atoms with van der Waals surface area (Å²) >= 11 is 0. The number of nitrogens with zero attached hydrogens (tertiary/aromatic N) is 3. The van der Waals surface area contributed by atoms with Gasteiger partial charge in [-0.05, 0) is 41.8 Å². The number of piperidine rings is 1. The Morgan fingerprint density at radius 2 is 2.42 bits per heavy atom. The Bertz CT molecular complexity index is 415. The van der Waals surface area contributed by atoms with Gasteiger partial charge in [-0.15, -0.1) is 0 Å². The van der Waals surface area contributed by atoms with E-state index in [-0.39, 0.29) is 5.82 Å². The average Bonchev–Trinajstić information content (AvgIpc) is 2.46. The first-order chi connectivity index (χ1) is 9.22. The maximum atomic E-state index is 10.6. The molecule has 1 N–H and O–H groups in total. The highest BCUT2D eigenvalue weighted by Crippen LogP contribution is 2.22. The Morgan fingerprint density at radius 3 is 2.95 bits per heavy atom. The van der Waals surface area contributed by atoms with E-state index in [1.54, 1.807) is 12.3 Å². The van der Waals surface area contributed by atoms with Crippen LogP contribution in [0.15, 0.2) is 18.3 Å². The van der Waals surface area contributed by atoms with Gasteiger partial charge >= 0.3 is 5.82 Å². The predicted molar refractivity (Wildman–Crippen MR) is 74.4 cm³/mol. The molecule has 1 aromatic heterocycles. The average molecular weight is 264 g/mol. The van der Waals surface area contributed by atoms with E-state index < -0.39 is 4.92 Å². The fraction of sp³-hybridized carbons (Fsp3) is 0.615. The molecular formula is C13H20N4O2. The first kappa shape index (κ1) is 13.7. The van der Waals surface area contributed by atoms with Gasteiger partial charge in [-0.3, -0.25) is 0 Å². The van der Waals surface area contributed by atoms with Crippen molar-refractivity contribution >= 4 is 11.5 Å². The van der Waals surface area contributed by atoms with E-state index in [1.807, 2.05) is 0 Å². The van der Waals surface area contributed by atoms with E-state index in [0.29, 0.717) is 6.04 Å². The van der Waals surface area contributed by atoms with Crippen LogP contribution in [0.25, 0.3) is 0 Å². The lowest BCUT2D eigenvalue weighted by atomic mass is 10.0. The SMILES string of the molecule is CCCN(c1ccc([N+](=O)[O-])nc1)C1CCCNC1. The van der Waals surface area contributed by atoms with E-state index in [4.69, 9.17) is 0 Å². The number of hydrogen-bond donors (Lipinski definition) is 1. The summed E-state index contributed by atoms with van der Waals surface area (Å²) in [4.78, 5) is 16.4. The Hall–Kier alpha value is -1.69. The smallest absolute Gasteiger partial charge is 0.363 e. The second kappa shape index (κ2) is 6.47. The molecule has 0 saturated carbocycles. The van der Waals surface area contributed by atoms with Crippen LogP contribution in [0, 0.1) is 10.1 Å². The van der Waals surface area contributed by atoms with Gasteiger partial charge in [0.1, 0.15) is 0 Å². The van der Waals surface area contributed by atoms with Crippen molar-refractivity contribution in [3.05, 3.63) is 28.4 Å². The molecule has 0 spiro atoms. The number of rotatable bonds is 5. The van der Waals surface area contributed by atoms with Crippen molar-refractivity contribution in [3.8, 4) is 0 Å². The number of hydrogen-bond acceptors (Lipinski definition) is 5. The Kier molecular flexibility index (Phi) is 4.68. The Morgan fingerprint density at radius 1 is 1.58 bits per heavy atom. The lowest BCUT2D eigenvalue weighted by Gasteiger charge is -2.35. The first-order valence-electron chi connectivity index (χ1n) is 6.80. The summed E-state index contributed by atoms with van der Waals surface area (Å²) < 4.78 is 0. The van der Waals surface area contributed by atoms with Crippen LogP contribution in [0.5, 0.6) is 0 Å². The van der Waals surface area contributed by atoms with Crippen molar-refractivity contribution in [1.29, 1.82) is 0 Å². The monoisotopic (exact) mass is 264 g/mol. The third-order valence-electron chi connectivity index (χ3n) is 3.43. The zero-order valence-corrected chi connectivity index (χ0v) is 11.2. The number of pyridine rings is 1. The van der Waals surface area contributed by atoms with Crippen molar-refractivity contribution in [2.45, 2.75) is 32.2 Å². The molecule has 6 nitrogen and oxygen atoms in total. The largest absolute Gasteiger partial charge is 0.364 e. The number of nitro groups is 1. The number of aromatic nitrogens is 1. The van der Waals surface area contributed by atoms with Crippen LogP contribution in [-0.2, 0) is 0 Å². The number of anilines is 1. The summed E-state index contributed by atoms with van der Waals surface area (Å²) in [6, 6.07) is 3.74. The molecule has 1 unspecified atom stereocenters. The van der Waals surface area contributed by atoms with Crippen molar-refractivity contribution < 1.29 is 4.92 Å². The van der Waals surface area contributed by atoms with E-state index in [1.165, 1.54) is 12.5 Å². The molecule has 19 heavy (non-hydrogen) atoms. The van der Waals surface area contributed by atoms with Crippen LogP contribution in [0.2, 0.25) is 0 Å². The highest BCUT2D eigenvalue weighted by molar-refractivity contribution is 5.47. The summed E-state index contributed by atoms with van der Waals surface area (Å²) in [5.41, 5.74) is 0.973.